The van der Waals surface area contributed by atoms with Gasteiger partial charge in [0.05, 0.1) is 0 Å². The van der Waals surface area contributed by atoms with Gasteiger partial charge in [0.1, 0.15) is 23.2 Å². The van der Waals surface area contributed by atoms with Crippen LogP contribution < -0.4 is 5.32 Å². The molecule has 278 valence electrons. The van der Waals surface area contributed by atoms with Gasteiger partial charge in [-0.15, -0.1) is 0 Å². The lowest BCUT2D eigenvalue weighted by atomic mass is 9.94. The maximum Gasteiger partial charge on any atom is 0.159 e. The predicted molar refractivity (Wildman–Crippen MR) is 245 cm³/mol. The van der Waals surface area contributed by atoms with E-state index in [4.69, 9.17) is 14.4 Å². The smallest absolute Gasteiger partial charge is 0.159 e. The second-order valence-electron chi connectivity index (χ2n) is 15.0. The van der Waals surface area contributed by atoms with Gasteiger partial charge in [-0.05, 0) is 91.2 Å². The largest absolute Gasteiger partial charge is 0.456 e. The highest BCUT2D eigenvalue weighted by Gasteiger charge is 2.24. The first kappa shape index (κ1) is 34.4. The van der Waals surface area contributed by atoms with Gasteiger partial charge in [-0.1, -0.05) is 182 Å². The van der Waals surface area contributed by atoms with Crippen LogP contribution >= 0.6 is 0 Å². The zero-order valence-corrected chi connectivity index (χ0v) is 32.1. The van der Waals surface area contributed by atoms with Crippen molar-refractivity contribution in [2.24, 2.45) is 9.98 Å². The van der Waals surface area contributed by atoms with E-state index in [9.17, 15) is 0 Å². The Bertz CT molecular complexity index is 3220. The van der Waals surface area contributed by atoms with Crippen LogP contribution in [-0.4, -0.2) is 11.7 Å². The lowest BCUT2D eigenvalue weighted by Crippen LogP contribution is -2.33. The van der Waals surface area contributed by atoms with Gasteiger partial charge >= 0.3 is 0 Å². The number of furan rings is 1. The molecule has 9 aromatic carbocycles. The minimum absolute atomic E-state index is 0.324. The number of nitrogens with zero attached hydrogens (tertiary/aromatic N) is 2. The SMILES string of the molecule is c1ccc(-c2cccc(C3=NC(c4ccccc4)NC(c4cccc5oc6ccc(-c7ccc(-c8ccc9c(-c%10ccccc%10)cccc9c8)cc7)cc6c45)=N3)c2)cc1. The van der Waals surface area contributed by atoms with Crippen LogP contribution in [0.1, 0.15) is 22.9 Å². The van der Waals surface area contributed by atoms with E-state index in [1.807, 2.05) is 24.3 Å². The normalized spacial score (nSPS) is 13.9. The van der Waals surface area contributed by atoms with Gasteiger partial charge in [-0.3, -0.25) is 0 Å². The highest BCUT2D eigenvalue weighted by Crippen LogP contribution is 2.37. The fraction of sp³-hybridized carbons (Fsp3) is 0.0182. The lowest BCUT2D eigenvalue weighted by molar-refractivity contribution is 0.668. The molecule has 0 fully saturated rings. The number of rotatable bonds is 7. The minimum Gasteiger partial charge on any atom is -0.456 e. The molecule has 0 radical (unpaired) electrons. The molecule has 1 aliphatic heterocycles. The topological polar surface area (TPSA) is 49.9 Å². The minimum atomic E-state index is -0.324. The van der Waals surface area contributed by atoms with E-state index < -0.39 is 0 Å². The summed E-state index contributed by atoms with van der Waals surface area (Å²) in [5, 5.41) is 8.23. The van der Waals surface area contributed by atoms with Crippen molar-refractivity contribution < 1.29 is 4.42 Å². The predicted octanol–water partition coefficient (Wildman–Crippen LogP) is 13.9. The summed E-state index contributed by atoms with van der Waals surface area (Å²) in [4.78, 5) is 10.4. The maximum absolute atomic E-state index is 6.50. The molecule has 11 rings (SSSR count). The molecule has 2 heterocycles. The average Bonchev–Trinajstić information content (AvgIpc) is 3.70. The molecule has 1 atom stereocenters. The number of benzene rings is 9. The van der Waals surface area contributed by atoms with E-state index in [1.54, 1.807) is 0 Å². The van der Waals surface area contributed by atoms with E-state index in [0.717, 1.165) is 66.7 Å². The number of fused-ring (bicyclic) bond motifs is 4. The van der Waals surface area contributed by atoms with Crippen LogP contribution in [-0.2, 0) is 0 Å². The highest BCUT2D eigenvalue weighted by molar-refractivity contribution is 6.22. The summed E-state index contributed by atoms with van der Waals surface area (Å²) >= 11 is 0. The summed E-state index contributed by atoms with van der Waals surface area (Å²) in [6.07, 6.45) is -0.324. The van der Waals surface area contributed by atoms with Gasteiger partial charge in [0.2, 0.25) is 0 Å². The average molecular weight is 756 g/mol. The summed E-state index contributed by atoms with van der Waals surface area (Å²) < 4.78 is 6.50. The quantitative estimate of drug-likeness (QED) is 0.176. The number of aliphatic imine (C=N–C) groups is 2. The monoisotopic (exact) mass is 755 g/mol. The van der Waals surface area contributed by atoms with Crippen molar-refractivity contribution in [3.63, 3.8) is 0 Å². The van der Waals surface area contributed by atoms with E-state index >= 15 is 0 Å². The zero-order valence-electron chi connectivity index (χ0n) is 32.1. The molecule has 0 spiro atoms. The first-order chi connectivity index (χ1) is 29.2. The first-order valence-electron chi connectivity index (χ1n) is 20.0. The maximum atomic E-state index is 6.50. The van der Waals surface area contributed by atoms with Crippen molar-refractivity contribution in [3.05, 3.63) is 229 Å². The number of amidine groups is 2. The molecule has 10 aromatic rings. The molecule has 1 aromatic heterocycles. The third-order valence-corrected chi connectivity index (χ3v) is 11.4. The number of hydrogen-bond donors (Lipinski definition) is 1. The third-order valence-electron chi connectivity index (χ3n) is 11.4. The Morgan fingerprint density at radius 3 is 1.75 bits per heavy atom. The Kier molecular flexibility index (Phi) is 8.52. The Labute approximate surface area is 342 Å². The van der Waals surface area contributed by atoms with Gasteiger partial charge in [0.15, 0.2) is 5.84 Å². The second kappa shape index (κ2) is 14.6. The fourth-order valence-corrected chi connectivity index (χ4v) is 8.38. The molecule has 1 aliphatic rings. The van der Waals surface area contributed by atoms with Crippen LogP contribution in [0.4, 0.5) is 0 Å². The molecule has 0 saturated heterocycles. The standard InChI is InChI=1S/C55H37N3O/c1-4-13-36(14-5-1)41-19-10-21-45(34-41)54-56-53(40-17-8-3-9-18-40)57-55(58-54)48-23-12-24-51-52(48)49-35-43(30-32-50(49)59-51)38-27-25-37(26-28-38)42-29-31-47-44(33-42)20-11-22-46(47)39-15-6-2-7-16-39/h1-35,53H,(H,56,57,58). The summed E-state index contributed by atoms with van der Waals surface area (Å²) in [7, 11) is 0. The van der Waals surface area contributed by atoms with Crippen molar-refractivity contribution in [3.8, 4) is 44.5 Å². The van der Waals surface area contributed by atoms with Crippen LogP contribution in [0.15, 0.2) is 227 Å². The molecule has 59 heavy (non-hydrogen) atoms. The van der Waals surface area contributed by atoms with Gasteiger partial charge in [-0.2, -0.15) is 0 Å². The summed E-state index contributed by atoms with van der Waals surface area (Å²) in [5.74, 6) is 1.43. The summed E-state index contributed by atoms with van der Waals surface area (Å²) in [6, 6.07) is 74.7. The molecular formula is C55H37N3O. The van der Waals surface area contributed by atoms with Gasteiger partial charge < -0.3 is 9.73 Å². The van der Waals surface area contributed by atoms with Crippen LogP contribution in [0.2, 0.25) is 0 Å². The highest BCUT2D eigenvalue weighted by atomic mass is 16.3. The third kappa shape index (κ3) is 6.47. The molecule has 0 bridgehead atoms. The molecule has 0 saturated carbocycles. The molecule has 4 nitrogen and oxygen atoms in total. The van der Waals surface area contributed by atoms with Gasteiger partial charge in [0.25, 0.3) is 0 Å². The molecule has 0 aliphatic carbocycles. The van der Waals surface area contributed by atoms with Crippen molar-refractivity contribution in [1.29, 1.82) is 0 Å². The lowest BCUT2D eigenvalue weighted by Gasteiger charge is -2.24. The Balaban J connectivity index is 0.961. The zero-order chi connectivity index (χ0) is 39.1. The molecule has 0 amide bonds. The van der Waals surface area contributed by atoms with Crippen LogP contribution in [0.25, 0.3) is 77.2 Å². The Morgan fingerprint density at radius 1 is 0.390 bits per heavy atom. The Hall–Kier alpha value is -7.82. The molecule has 1 unspecified atom stereocenters. The fourth-order valence-electron chi connectivity index (χ4n) is 8.38. The van der Waals surface area contributed by atoms with E-state index in [-0.39, 0.29) is 6.17 Å². The van der Waals surface area contributed by atoms with Gasteiger partial charge in [-0.25, -0.2) is 9.98 Å². The van der Waals surface area contributed by atoms with Crippen molar-refractivity contribution in [2.75, 3.05) is 0 Å². The van der Waals surface area contributed by atoms with Crippen molar-refractivity contribution in [2.45, 2.75) is 6.17 Å². The molecule has 4 heteroatoms. The van der Waals surface area contributed by atoms with Crippen molar-refractivity contribution in [1.82, 2.24) is 5.32 Å². The van der Waals surface area contributed by atoms with Crippen LogP contribution in [0.3, 0.4) is 0 Å². The second-order valence-corrected chi connectivity index (χ2v) is 15.0. The first-order valence-corrected chi connectivity index (χ1v) is 20.0. The molecular weight excluding hydrogens is 719 g/mol. The van der Waals surface area contributed by atoms with Crippen LogP contribution in [0.5, 0.6) is 0 Å². The van der Waals surface area contributed by atoms with Crippen molar-refractivity contribution >= 4 is 44.4 Å². The number of hydrogen-bond acceptors (Lipinski definition) is 4. The van der Waals surface area contributed by atoms with E-state index in [2.05, 4.69) is 193 Å². The summed E-state index contributed by atoms with van der Waals surface area (Å²) in [6.45, 7) is 0. The number of nitrogens with one attached hydrogen (secondary N) is 1. The van der Waals surface area contributed by atoms with Crippen LogP contribution in [0, 0.1) is 0 Å². The van der Waals surface area contributed by atoms with E-state index in [1.165, 1.54) is 33.0 Å². The summed E-state index contributed by atoms with van der Waals surface area (Å²) in [5.41, 5.74) is 14.0. The molecule has 1 N–H and O–H groups in total. The van der Waals surface area contributed by atoms with E-state index in [0.29, 0.717) is 5.84 Å². The van der Waals surface area contributed by atoms with Gasteiger partial charge in [0, 0.05) is 21.9 Å². The Morgan fingerprint density at radius 2 is 0.966 bits per heavy atom.